The molecule has 0 amide bonds. The molecule has 5 N–H and O–H groups in total. The van der Waals surface area contributed by atoms with E-state index >= 15 is 0 Å². The highest BCUT2D eigenvalue weighted by Crippen LogP contribution is 2.34. The number of hydrogen-bond donors (Lipinski definition) is 4. The standard InChI is InChI=1S/C15H24O2.C2H7NO/c1-10-6-12(14(17)13(16)8-10)7-11(2)9-15(3,4)5;3-1-2-4/h6,8,11,16-17H,7,9H2,1-5H3;4H,1-3H2. The van der Waals surface area contributed by atoms with Crippen LogP contribution in [0.15, 0.2) is 12.1 Å². The van der Waals surface area contributed by atoms with Gasteiger partial charge in [-0.2, -0.15) is 0 Å². The quantitative estimate of drug-likeness (QED) is 0.644. The highest BCUT2D eigenvalue weighted by molar-refractivity contribution is 5.47. The van der Waals surface area contributed by atoms with Crippen molar-refractivity contribution in [1.82, 2.24) is 0 Å². The molecule has 4 heteroatoms. The zero-order valence-electron chi connectivity index (χ0n) is 14.0. The number of aliphatic hydroxyl groups excluding tert-OH is 1. The van der Waals surface area contributed by atoms with Gasteiger partial charge >= 0.3 is 0 Å². The van der Waals surface area contributed by atoms with Gasteiger partial charge in [-0.3, -0.25) is 0 Å². The number of rotatable bonds is 4. The minimum absolute atomic E-state index is 0.0111. The van der Waals surface area contributed by atoms with Crippen LogP contribution in [0.5, 0.6) is 11.5 Å². The zero-order chi connectivity index (χ0) is 16.6. The molecule has 1 aromatic rings. The average molecular weight is 297 g/mol. The van der Waals surface area contributed by atoms with E-state index in [1.165, 1.54) is 0 Å². The molecule has 21 heavy (non-hydrogen) atoms. The normalized spacial score (nSPS) is 12.5. The van der Waals surface area contributed by atoms with Crippen molar-refractivity contribution < 1.29 is 15.3 Å². The Morgan fingerprint density at radius 2 is 1.71 bits per heavy atom. The molecule has 4 nitrogen and oxygen atoms in total. The molecule has 0 aliphatic rings. The van der Waals surface area contributed by atoms with Gasteiger partial charge in [0.05, 0.1) is 6.61 Å². The third kappa shape index (κ3) is 8.58. The number of hydrogen-bond acceptors (Lipinski definition) is 4. The maximum absolute atomic E-state index is 9.82. The SMILES string of the molecule is Cc1cc(O)c(O)c(CC(C)CC(C)(C)C)c1.NCCO. The Hall–Kier alpha value is -1.26. The molecule has 122 valence electrons. The highest BCUT2D eigenvalue weighted by Gasteiger charge is 2.17. The highest BCUT2D eigenvalue weighted by atomic mass is 16.3. The van der Waals surface area contributed by atoms with E-state index in [9.17, 15) is 10.2 Å². The Labute approximate surface area is 128 Å². The molecule has 1 aromatic carbocycles. The predicted octanol–water partition coefficient (Wildman–Crippen LogP) is 2.96. The van der Waals surface area contributed by atoms with Crippen LogP contribution in [0.1, 0.15) is 45.2 Å². The lowest BCUT2D eigenvalue weighted by molar-refractivity contribution is 0.303. The van der Waals surface area contributed by atoms with Crippen molar-refractivity contribution in [2.24, 2.45) is 17.1 Å². The van der Waals surface area contributed by atoms with E-state index in [0.29, 0.717) is 17.9 Å². The first-order chi connectivity index (χ1) is 9.60. The molecule has 0 aliphatic heterocycles. The van der Waals surface area contributed by atoms with Crippen molar-refractivity contribution in [3.63, 3.8) is 0 Å². The number of phenolic OH excluding ortho intramolecular Hbond substituents is 2. The molecule has 0 aromatic heterocycles. The van der Waals surface area contributed by atoms with Gasteiger partial charge in [-0.1, -0.05) is 33.8 Å². The van der Waals surface area contributed by atoms with Crippen LogP contribution in [-0.4, -0.2) is 28.5 Å². The molecule has 1 unspecified atom stereocenters. The van der Waals surface area contributed by atoms with Crippen molar-refractivity contribution in [1.29, 1.82) is 0 Å². The van der Waals surface area contributed by atoms with E-state index in [2.05, 4.69) is 27.7 Å². The average Bonchev–Trinajstić information content (AvgIpc) is 2.33. The van der Waals surface area contributed by atoms with Crippen LogP contribution in [0, 0.1) is 18.3 Å². The third-order valence-electron chi connectivity index (χ3n) is 2.97. The van der Waals surface area contributed by atoms with E-state index < -0.39 is 0 Å². The summed E-state index contributed by atoms with van der Waals surface area (Å²) in [5.74, 6) is 0.515. The lowest BCUT2D eigenvalue weighted by Crippen LogP contribution is -2.12. The van der Waals surface area contributed by atoms with Gasteiger partial charge in [0.25, 0.3) is 0 Å². The first kappa shape index (κ1) is 19.7. The zero-order valence-corrected chi connectivity index (χ0v) is 14.0. The Morgan fingerprint density at radius 1 is 1.19 bits per heavy atom. The van der Waals surface area contributed by atoms with Gasteiger partial charge in [0.1, 0.15) is 0 Å². The second-order valence-electron chi connectivity index (χ2n) is 6.88. The van der Waals surface area contributed by atoms with E-state index in [0.717, 1.165) is 24.0 Å². The van der Waals surface area contributed by atoms with Crippen molar-refractivity contribution >= 4 is 0 Å². The molecule has 1 rings (SSSR count). The van der Waals surface area contributed by atoms with Crippen LogP contribution >= 0.6 is 0 Å². The number of nitrogens with two attached hydrogens (primary N) is 1. The lowest BCUT2D eigenvalue weighted by Gasteiger charge is -2.23. The summed E-state index contributed by atoms with van der Waals surface area (Å²) in [6.45, 7) is 11.2. The van der Waals surface area contributed by atoms with Crippen molar-refractivity contribution in [3.8, 4) is 11.5 Å². The van der Waals surface area contributed by atoms with Gasteiger partial charge in [-0.15, -0.1) is 0 Å². The van der Waals surface area contributed by atoms with E-state index in [4.69, 9.17) is 10.8 Å². The Morgan fingerprint density at radius 3 is 2.14 bits per heavy atom. The molecule has 1 atom stereocenters. The summed E-state index contributed by atoms with van der Waals surface area (Å²) in [5.41, 5.74) is 6.90. The molecule has 0 fully saturated rings. The Balaban J connectivity index is 0.000000885. The summed E-state index contributed by atoms with van der Waals surface area (Å²) in [7, 11) is 0. The molecule has 0 radical (unpaired) electrons. The minimum atomic E-state index is -0.0111. The number of benzene rings is 1. The van der Waals surface area contributed by atoms with Crippen LogP contribution in [-0.2, 0) is 6.42 Å². The molecule has 0 bridgehead atoms. The first-order valence-corrected chi connectivity index (χ1v) is 7.43. The van der Waals surface area contributed by atoms with Gasteiger partial charge in [0, 0.05) is 6.54 Å². The Kier molecular flexibility index (Phi) is 8.37. The summed E-state index contributed by atoms with van der Waals surface area (Å²) in [5, 5.41) is 27.1. The predicted molar refractivity (Wildman–Crippen MR) is 87.6 cm³/mol. The molecule has 0 saturated heterocycles. The van der Waals surface area contributed by atoms with Crippen LogP contribution < -0.4 is 5.73 Å². The maximum atomic E-state index is 9.82. The fourth-order valence-electron chi connectivity index (χ4n) is 2.48. The van der Waals surface area contributed by atoms with Gasteiger partial charge in [-0.05, 0) is 48.3 Å². The smallest absolute Gasteiger partial charge is 0.160 e. The molecule has 0 heterocycles. The number of aryl methyl sites for hydroxylation is 1. The minimum Gasteiger partial charge on any atom is -0.504 e. The monoisotopic (exact) mass is 297 g/mol. The second-order valence-corrected chi connectivity index (χ2v) is 6.88. The second kappa shape index (κ2) is 8.90. The molecule has 0 aliphatic carbocycles. The van der Waals surface area contributed by atoms with Crippen LogP contribution in [0.2, 0.25) is 0 Å². The molecular weight excluding hydrogens is 266 g/mol. The summed E-state index contributed by atoms with van der Waals surface area (Å²) >= 11 is 0. The van der Waals surface area contributed by atoms with Crippen LogP contribution in [0.25, 0.3) is 0 Å². The van der Waals surface area contributed by atoms with E-state index in [1.54, 1.807) is 6.07 Å². The largest absolute Gasteiger partial charge is 0.504 e. The maximum Gasteiger partial charge on any atom is 0.160 e. The van der Waals surface area contributed by atoms with Gasteiger partial charge in [0.2, 0.25) is 0 Å². The molecule has 0 spiro atoms. The number of aliphatic hydroxyl groups is 1. The van der Waals surface area contributed by atoms with Crippen LogP contribution in [0.3, 0.4) is 0 Å². The van der Waals surface area contributed by atoms with Gasteiger partial charge in [-0.25, -0.2) is 0 Å². The van der Waals surface area contributed by atoms with E-state index in [-0.39, 0.29) is 18.1 Å². The summed E-state index contributed by atoms with van der Waals surface area (Å²) in [6, 6.07) is 3.54. The molecule has 0 saturated carbocycles. The van der Waals surface area contributed by atoms with E-state index in [1.807, 2.05) is 13.0 Å². The van der Waals surface area contributed by atoms with Crippen molar-refractivity contribution in [3.05, 3.63) is 23.3 Å². The fraction of sp³-hybridized carbons (Fsp3) is 0.647. The number of phenols is 2. The van der Waals surface area contributed by atoms with Crippen LogP contribution in [0.4, 0.5) is 0 Å². The molecular formula is C17H31NO3. The topological polar surface area (TPSA) is 86.7 Å². The third-order valence-corrected chi connectivity index (χ3v) is 2.97. The first-order valence-electron chi connectivity index (χ1n) is 7.43. The van der Waals surface area contributed by atoms with Crippen molar-refractivity contribution in [2.45, 2.75) is 47.5 Å². The van der Waals surface area contributed by atoms with Crippen molar-refractivity contribution in [2.75, 3.05) is 13.2 Å². The summed E-state index contributed by atoms with van der Waals surface area (Å²) in [6.07, 6.45) is 1.90. The summed E-state index contributed by atoms with van der Waals surface area (Å²) < 4.78 is 0. The summed E-state index contributed by atoms with van der Waals surface area (Å²) in [4.78, 5) is 0. The lowest BCUT2D eigenvalue weighted by atomic mass is 9.82. The Bertz CT molecular complexity index is 423. The number of aromatic hydroxyl groups is 2. The fourth-order valence-corrected chi connectivity index (χ4v) is 2.48. The van der Waals surface area contributed by atoms with Gasteiger partial charge < -0.3 is 21.1 Å². The van der Waals surface area contributed by atoms with Gasteiger partial charge in [0.15, 0.2) is 11.5 Å².